The zero-order valence-corrected chi connectivity index (χ0v) is 16.3. The lowest BCUT2D eigenvalue weighted by Crippen LogP contribution is -2.51. The van der Waals surface area contributed by atoms with Crippen molar-refractivity contribution in [1.29, 1.82) is 0 Å². The fraction of sp³-hybridized carbons (Fsp3) is 0.476. The number of carbonyl (C=O) groups is 1. The number of esters is 1. The number of carbonyl (C=O) groups excluding carboxylic acids is 1. The third-order valence-corrected chi connectivity index (χ3v) is 4.69. The van der Waals surface area contributed by atoms with E-state index in [0.29, 0.717) is 6.61 Å². The highest BCUT2D eigenvalue weighted by Crippen LogP contribution is 2.44. The summed E-state index contributed by atoms with van der Waals surface area (Å²) in [4.78, 5) is 12.5. The topological polar surface area (TPSA) is 69.9 Å². The molecule has 1 aliphatic rings. The van der Waals surface area contributed by atoms with Gasteiger partial charge in [-0.1, -0.05) is 13.3 Å². The van der Waals surface area contributed by atoms with Crippen molar-refractivity contribution in [2.75, 3.05) is 19.0 Å². The van der Waals surface area contributed by atoms with Crippen molar-refractivity contribution in [3.05, 3.63) is 47.9 Å². The van der Waals surface area contributed by atoms with E-state index in [0.717, 1.165) is 29.8 Å². The monoisotopic (exact) mass is 373 g/mol. The Kier molecular flexibility index (Phi) is 5.75. The van der Waals surface area contributed by atoms with Crippen molar-refractivity contribution in [3.8, 4) is 5.75 Å². The van der Waals surface area contributed by atoms with E-state index in [-0.39, 0.29) is 5.76 Å². The van der Waals surface area contributed by atoms with Gasteiger partial charge in [0.15, 0.2) is 6.10 Å². The molecule has 0 aliphatic carbocycles. The van der Waals surface area contributed by atoms with Gasteiger partial charge < -0.3 is 23.9 Å². The smallest absolute Gasteiger partial charge is 0.374 e. The van der Waals surface area contributed by atoms with Crippen molar-refractivity contribution >= 4 is 11.7 Å². The molecule has 146 valence electrons. The summed E-state index contributed by atoms with van der Waals surface area (Å²) >= 11 is 0. The van der Waals surface area contributed by atoms with Crippen LogP contribution < -0.4 is 10.1 Å². The van der Waals surface area contributed by atoms with Gasteiger partial charge in [-0.05, 0) is 50.6 Å². The highest BCUT2D eigenvalue weighted by atomic mass is 16.6. The second kappa shape index (κ2) is 8.05. The highest BCUT2D eigenvalue weighted by molar-refractivity contribution is 5.86. The SMILES string of the molecule is CCCCOC1c2cc(NC)ccc2OC(C)(C)C1OC(=O)c1ccco1. The largest absolute Gasteiger partial charge is 0.483 e. The number of ether oxygens (including phenoxy) is 3. The van der Waals surface area contributed by atoms with Gasteiger partial charge in [-0.2, -0.15) is 0 Å². The van der Waals surface area contributed by atoms with Crippen LogP contribution in [0.15, 0.2) is 41.0 Å². The van der Waals surface area contributed by atoms with Gasteiger partial charge in [-0.15, -0.1) is 0 Å². The van der Waals surface area contributed by atoms with E-state index in [1.165, 1.54) is 6.26 Å². The number of rotatable bonds is 7. The quantitative estimate of drug-likeness (QED) is 0.566. The first-order valence-electron chi connectivity index (χ1n) is 9.33. The van der Waals surface area contributed by atoms with Gasteiger partial charge in [0.05, 0.1) is 6.26 Å². The minimum Gasteiger partial charge on any atom is -0.483 e. The highest BCUT2D eigenvalue weighted by Gasteiger charge is 2.47. The molecule has 0 spiro atoms. The summed E-state index contributed by atoms with van der Waals surface area (Å²) in [6, 6.07) is 9.09. The lowest BCUT2D eigenvalue weighted by Gasteiger charge is -2.43. The van der Waals surface area contributed by atoms with Crippen LogP contribution in [0, 0.1) is 0 Å². The molecule has 27 heavy (non-hydrogen) atoms. The van der Waals surface area contributed by atoms with Gasteiger partial charge in [0.1, 0.15) is 17.5 Å². The average Bonchev–Trinajstić information content (AvgIpc) is 3.18. The van der Waals surface area contributed by atoms with Crippen LogP contribution in [0.25, 0.3) is 0 Å². The van der Waals surface area contributed by atoms with Crippen molar-refractivity contribution in [2.24, 2.45) is 0 Å². The van der Waals surface area contributed by atoms with Crippen molar-refractivity contribution < 1.29 is 23.4 Å². The minimum atomic E-state index is -0.757. The molecule has 1 aromatic carbocycles. The molecule has 6 nitrogen and oxygen atoms in total. The molecule has 0 radical (unpaired) electrons. The molecule has 0 fully saturated rings. The number of anilines is 1. The van der Waals surface area contributed by atoms with E-state index >= 15 is 0 Å². The van der Waals surface area contributed by atoms with Gasteiger partial charge in [0.25, 0.3) is 0 Å². The lowest BCUT2D eigenvalue weighted by molar-refractivity contribution is -0.140. The first-order chi connectivity index (χ1) is 13.0. The Labute approximate surface area is 159 Å². The Morgan fingerprint density at radius 3 is 2.78 bits per heavy atom. The van der Waals surface area contributed by atoms with Crippen molar-refractivity contribution in [1.82, 2.24) is 0 Å². The number of nitrogens with one attached hydrogen (secondary N) is 1. The summed E-state index contributed by atoms with van der Waals surface area (Å²) in [5, 5.41) is 3.13. The third kappa shape index (κ3) is 4.11. The normalized spacial score (nSPS) is 20.4. The summed E-state index contributed by atoms with van der Waals surface area (Å²) in [6.07, 6.45) is 2.35. The number of benzene rings is 1. The molecule has 2 aromatic rings. The Balaban J connectivity index is 1.95. The van der Waals surface area contributed by atoms with Crippen molar-refractivity contribution in [2.45, 2.75) is 51.4 Å². The van der Waals surface area contributed by atoms with Crippen LogP contribution in [0.2, 0.25) is 0 Å². The number of furan rings is 1. The second-order valence-electron chi connectivity index (χ2n) is 7.16. The van der Waals surface area contributed by atoms with E-state index in [9.17, 15) is 4.79 Å². The molecule has 1 N–H and O–H groups in total. The van der Waals surface area contributed by atoms with Crippen LogP contribution in [-0.4, -0.2) is 31.3 Å². The molecule has 1 aromatic heterocycles. The maximum atomic E-state index is 12.5. The van der Waals surface area contributed by atoms with Gasteiger partial charge in [0, 0.05) is 24.9 Å². The molecule has 0 bridgehead atoms. The maximum Gasteiger partial charge on any atom is 0.374 e. The summed E-state index contributed by atoms with van der Waals surface area (Å²) < 4.78 is 23.4. The molecule has 3 rings (SSSR count). The van der Waals surface area contributed by atoms with Crippen LogP contribution >= 0.6 is 0 Å². The molecular formula is C21H27NO5. The predicted octanol–water partition coefficient (Wildman–Crippen LogP) is 4.58. The fourth-order valence-corrected chi connectivity index (χ4v) is 3.19. The van der Waals surface area contributed by atoms with E-state index in [2.05, 4.69) is 12.2 Å². The summed E-state index contributed by atoms with van der Waals surface area (Å²) in [6.45, 7) is 6.49. The molecule has 2 atom stereocenters. The summed E-state index contributed by atoms with van der Waals surface area (Å²) in [5.41, 5.74) is 1.06. The first-order valence-corrected chi connectivity index (χ1v) is 9.33. The number of hydrogen-bond acceptors (Lipinski definition) is 6. The van der Waals surface area contributed by atoms with Crippen LogP contribution in [0.5, 0.6) is 5.75 Å². The zero-order valence-electron chi connectivity index (χ0n) is 16.3. The first kappa shape index (κ1) is 19.3. The number of fused-ring (bicyclic) bond motifs is 1. The van der Waals surface area contributed by atoms with Gasteiger partial charge in [-0.25, -0.2) is 4.79 Å². The number of unbranched alkanes of at least 4 members (excludes halogenated alkanes) is 1. The van der Waals surface area contributed by atoms with Crippen molar-refractivity contribution in [3.63, 3.8) is 0 Å². The fourth-order valence-electron chi connectivity index (χ4n) is 3.19. The molecular weight excluding hydrogens is 346 g/mol. The molecule has 6 heteroatoms. The van der Waals surface area contributed by atoms with E-state index in [1.807, 2.05) is 39.1 Å². The van der Waals surface area contributed by atoms with E-state index in [4.69, 9.17) is 18.6 Å². The van der Waals surface area contributed by atoms with Crippen LogP contribution in [0.3, 0.4) is 0 Å². The maximum absolute atomic E-state index is 12.5. The van der Waals surface area contributed by atoms with Gasteiger partial charge in [-0.3, -0.25) is 0 Å². The van der Waals surface area contributed by atoms with Crippen LogP contribution in [0.1, 0.15) is 55.8 Å². The molecule has 0 saturated heterocycles. The molecule has 0 amide bonds. The summed E-state index contributed by atoms with van der Waals surface area (Å²) in [5.74, 6) is 0.373. The lowest BCUT2D eigenvalue weighted by atomic mass is 9.87. The second-order valence-corrected chi connectivity index (χ2v) is 7.16. The molecule has 2 unspecified atom stereocenters. The Morgan fingerprint density at radius 1 is 1.30 bits per heavy atom. The molecule has 0 saturated carbocycles. The standard InChI is InChI=1S/C21H27NO5/c1-5-6-11-25-18-15-13-14(22-4)9-10-16(15)27-21(2,3)19(18)26-20(23)17-8-7-12-24-17/h7-10,12-13,18-19,22H,5-6,11H2,1-4H3. The average molecular weight is 373 g/mol. The third-order valence-electron chi connectivity index (χ3n) is 4.69. The molecule has 2 heterocycles. The Morgan fingerprint density at radius 2 is 2.11 bits per heavy atom. The van der Waals surface area contributed by atoms with E-state index < -0.39 is 23.8 Å². The zero-order chi connectivity index (χ0) is 19.4. The molecule has 1 aliphatic heterocycles. The van der Waals surface area contributed by atoms with Gasteiger partial charge >= 0.3 is 5.97 Å². The van der Waals surface area contributed by atoms with Crippen LogP contribution in [0.4, 0.5) is 5.69 Å². The predicted molar refractivity (Wildman–Crippen MR) is 102 cm³/mol. The number of hydrogen-bond donors (Lipinski definition) is 1. The minimum absolute atomic E-state index is 0.160. The Hall–Kier alpha value is -2.47. The summed E-state index contributed by atoms with van der Waals surface area (Å²) in [7, 11) is 1.86. The van der Waals surface area contributed by atoms with E-state index in [1.54, 1.807) is 12.1 Å². The van der Waals surface area contributed by atoms with Gasteiger partial charge in [0.2, 0.25) is 5.76 Å². The Bertz CT molecular complexity index is 769. The van der Waals surface area contributed by atoms with Crippen LogP contribution in [-0.2, 0) is 9.47 Å².